The molecule has 0 spiro atoms. The third-order valence-electron chi connectivity index (χ3n) is 4.26. The monoisotopic (exact) mass is 239 g/mol. The van der Waals surface area contributed by atoms with Crippen molar-refractivity contribution < 1.29 is 9.53 Å². The molecule has 17 heavy (non-hydrogen) atoms. The van der Waals surface area contributed by atoms with Crippen LogP contribution in [-0.4, -0.2) is 36.6 Å². The van der Waals surface area contributed by atoms with Crippen LogP contribution in [-0.2, 0) is 9.53 Å². The molecule has 0 bridgehead atoms. The Balaban J connectivity index is 2.10. The minimum Gasteiger partial charge on any atom is -0.468 e. The van der Waals surface area contributed by atoms with Crippen molar-refractivity contribution in [3.63, 3.8) is 0 Å². The highest BCUT2D eigenvalue weighted by molar-refractivity contribution is 5.76. The van der Waals surface area contributed by atoms with Gasteiger partial charge < -0.3 is 4.74 Å². The summed E-state index contributed by atoms with van der Waals surface area (Å²) in [4.78, 5) is 14.5. The Morgan fingerprint density at radius 3 is 2.65 bits per heavy atom. The fourth-order valence-corrected chi connectivity index (χ4v) is 3.14. The van der Waals surface area contributed by atoms with E-state index in [-0.39, 0.29) is 12.0 Å². The summed E-state index contributed by atoms with van der Waals surface area (Å²) in [5.74, 6) is 0.558. The fourth-order valence-electron chi connectivity index (χ4n) is 3.14. The predicted molar refractivity (Wildman–Crippen MR) is 67.8 cm³/mol. The Morgan fingerprint density at radius 2 is 2.06 bits per heavy atom. The number of carbonyl (C=O) groups excluding carboxylic acids is 1. The van der Waals surface area contributed by atoms with Crippen molar-refractivity contribution in [1.29, 1.82) is 0 Å². The lowest BCUT2D eigenvalue weighted by atomic mass is 10.0. The van der Waals surface area contributed by atoms with Crippen LogP contribution in [0.25, 0.3) is 0 Å². The molecule has 0 aromatic rings. The Hall–Kier alpha value is -0.570. The smallest absolute Gasteiger partial charge is 0.323 e. The first-order chi connectivity index (χ1) is 8.27. The Morgan fingerprint density at radius 1 is 1.29 bits per heavy atom. The number of hydrogen-bond acceptors (Lipinski definition) is 3. The zero-order valence-corrected chi connectivity index (χ0v) is 11.2. The number of rotatable bonds is 4. The molecule has 2 rings (SSSR count). The van der Waals surface area contributed by atoms with E-state index in [1.54, 1.807) is 0 Å². The van der Waals surface area contributed by atoms with Crippen LogP contribution in [0.15, 0.2) is 0 Å². The van der Waals surface area contributed by atoms with Gasteiger partial charge in [0.25, 0.3) is 0 Å². The molecule has 2 unspecified atom stereocenters. The zero-order chi connectivity index (χ0) is 12.3. The van der Waals surface area contributed by atoms with Crippen LogP contribution < -0.4 is 0 Å². The van der Waals surface area contributed by atoms with E-state index < -0.39 is 0 Å². The molecule has 98 valence electrons. The third kappa shape index (κ3) is 3.01. The number of carbonyl (C=O) groups is 1. The van der Waals surface area contributed by atoms with Gasteiger partial charge in [-0.15, -0.1) is 0 Å². The lowest BCUT2D eigenvalue weighted by Gasteiger charge is -2.35. The van der Waals surface area contributed by atoms with Crippen LogP contribution in [0.3, 0.4) is 0 Å². The average molecular weight is 239 g/mol. The normalized spacial score (nSPS) is 28.5. The van der Waals surface area contributed by atoms with E-state index in [2.05, 4.69) is 11.8 Å². The minimum absolute atomic E-state index is 0.00662. The van der Waals surface area contributed by atoms with E-state index in [1.807, 2.05) is 0 Å². The molecule has 2 fully saturated rings. The van der Waals surface area contributed by atoms with E-state index in [1.165, 1.54) is 45.6 Å². The van der Waals surface area contributed by atoms with Gasteiger partial charge >= 0.3 is 5.97 Å². The molecule has 1 aliphatic heterocycles. The molecular weight excluding hydrogens is 214 g/mol. The molecule has 1 saturated carbocycles. The number of ether oxygens (including phenoxy) is 1. The largest absolute Gasteiger partial charge is 0.468 e. The molecule has 2 aliphatic rings. The second-order valence-electron chi connectivity index (χ2n) is 5.45. The molecule has 1 aliphatic carbocycles. The number of hydrogen-bond donors (Lipinski definition) is 0. The maximum Gasteiger partial charge on any atom is 0.323 e. The maximum atomic E-state index is 12.0. The molecule has 3 nitrogen and oxygen atoms in total. The van der Waals surface area contributed by atoms with Crippen molar-refractivity contribution in [2.45, 2.75) is 64.0 Å². The second kappa shape index (κ2) is 5.85. The Labute approximate surface area is 105 Å². The van der Waals surface area contributed by atoms with Crippen molar-refractivity contribution >= 4 is 5.97 Å². The van der Waals surface area contributed by atoms with Gasteiger partial charge in [-0.05, 0) is 44.6 Å². The molecule has 3 heteroatoms. The summed E-state index contributed by atoms with van der Waals surface area (Å²) < 4.78 is 5.02. The standard InChI is InChI=1S/C14H25NO2/c1-3-12-7-5-4-6-10-15(12)13(11-8-9-11)14(16)17-2/h11-13H,3-10H2,1-2H3. The molecular formula is C14H25NO2. The lowest BCUT2D eigenvalue weighted by Crippen LogP contribution is -2.48. The highest BCUT2D eigenvalue weighted by Crippen LogP contribution is 2.38. The third-order valence-corrected chi connectivity index (χ3v) is 4.26. The van der Waals surface area contributed by atoms with Crippen LogP contribution in [0.4, 0.5) is 0 Å². The Kier molecular flexibility index (Phi) is 4.43. The van der Waals surface area contributed by atoms with Crippen LogP contribution in [0, 0.1) is 5.92 Å². The van der Waals surface area contributed by atoms with Crippen LogP contribution >= 0.6 is 0 Å². The van der Waals surface area contributed by atoms with Crippen LogP contribution in [0.2, 0.25) is 0 Å². The number of nitrogens with zero attached hydrogens (tertiary/aromatic N) is 1. The topological polar surface area (TPSA) is 29.5 Å². The van der Waals surface area contributed by atoms with E-state index in [0.717, 1.165) is 13.0 Å². The Bertz CT molecular complexity index is 263. The van der Waals surface area contributed by atoms with E-state index in [9.17, 15) is 4.79 Å². The van der Waals surface area contributed by atoms with Crippen molar-refractivity contribution in [3.05, 3.63) is 0 Å². The summed E-state index contributed by atoms with van der Waals surface area (Å²) in [5.41, 5.74) is 0. The molecule has 1 heterocycles. The summed E-state index contributed by atoms with van der Waals surface area (Å²) in [6.45, 7) is 3.32. The van der Waals surface area contributed by atoms with Crippen molar-refractivity contribution in [3.8, 4) is 0 Å². The van der Waals surface area contributed by atoms with E-state index in [0.29, 0.717) is 12.0 Å². The molecule has 0 radical (unpaired) electrons. The SMILES string of the molecule is CCC1CCCCCN1C(C(=O)OC)C1CC1. The van der Waals surface area contributed by atoms with Crippen LogP contribution in [0.1, 0.15) is 51.9 Å². The number of methoxy groups -OCH3 is 1. The van der Waals surface area contributed by atoms with Crippen molar-refractivity contribution in [2.75, 3.05) is 13.7 Å². The minimum atomic E-state index is -0.00662. The molecule has 0 N–H and O–H groups in total. The number of likely N-dealkylation sites (tertiary alicyclic amines) is 1. The van der Waals surface area contributed by atoms with Gasteiger partial charge in [0, 0.05) is 6.04 Å². The van der Waals surface area contributed by atoms with Gasteiger partial charge in [-0.25, -0.2) is 0 Å². The molecule has 1 saturated heterocycles. The van der Waals surface area contributed by atoms with E-state index >= 15 is 0 Å². The van der Waals surface area contributed by atoms with Gasteiger partial charge in [0.05, 0.1) is 7.11 Å². The van der Waals surface area contributed by atoms with E-state index in [4.69, 9.17) is 4.74 Å². The second-order valence-corrected chi connectivity index (χ2v) is 5.45. The average Bonchev–Trinajstić information content (AvgIpc) is 3.16. The highest BCUT2D eigenvalue weighted by atomic mass is 16.5. The van der Waals surface area contributed by atoms with Crippen molar-refractivity contribution in [2.24, 2.45) is 5.92 Å². The first kappa shape index (κ1) is 12.9. The van der Waals surface area contributed by atoms with Gasteiger partial charge in [0.2, 0.25) is 0 Å². The van der Waals surface area contributed by atoms with Crippen LogP contribution in [0.5, 0.6) is 0 Å². The van der Waals surface area contributed by atoms with Gasteiger partial charge in [0.15, 0.2) is 0 Å². The number of esters is 1. The predicted octanol–water partition coefficient (Wildman–Crippen LogP) is 2.59. The quantitative estimate of drug-likeness (QED) is 0.706. The molecule has 0 aromatic heterocycles. The molecule has 0 amide bonds. The van der Waals surface area contributed by atoms with Gasteiger partial charge in [-0.3, -0.25) is 9.69 Å². The summed E-state index contributed by atoms with van der Waals surface area (Å²) in [5, 5.41) is 0. The first-order valence-corrected chi connectivity index (χ1v) is 7.11. The molecule has 2 atom stereocenters. The summed E-state index contributed by atoms with van der Waals surface area (Å²) in [6.07, 6.45) is 8.66. The molecule has 0 aromatic carbocycles. The fraction of sp³-hybridized carbons (Fsp3) is 0.929. The van der Waals surface area contributed by atoms with Gasteiger partial charge in [0.1, 0.15) is 6.04 Å². The summed E-state index contributed by atoms with van der Waals surface area (Å²) in [7, 11) is 1.52. The zero-order valence-electron chi connectivity index (χ0n) is 11.2. The van der Waals surface area contributed by atoms with Gasteiger partial charge in [-0.2, -0.15) is 0 Å². The van der Waals surface area contributed by atoms with Gasteiger partial charge in [-0.1, -0.05) is 19.8 Å². The maximum absolute atomic E-state index is 12.0. The van der Waals surface area contributed by atoms with Crippen molar-refractivity contribution in [1.82, 2.24) is 4.90 Å². The lowest BCUT2D eigenvalue weighted by molar-refractivity contribution is -0.149. The summed E-state index contributed by atoms with van der Waals surface area (Å²) in [6, 6.07) is 0.630. The highest BCUT2D eigenvalue weighted by Gasteiger charge is 2.43. The summed E-state index contributed by atoms with van der Waals surface area (Å²) >= 11 is 0. The first-order valence-electron chi connectivity index (χ1n) is 7.11.